The first-order chi connectivity index (χ1) is 9.56. The molecule has 2 amide bonds. The van der Waals surface area contributed by atoms with Crippen molar-refractivity contribution in [2.45, 2.75) is 12.8 Å². The third-order valence-corrected chi connectivity index (χ3v) is 3.48. The van der Waals surface area contributed by atoms with Crippen LogP contribution in [0.15, 0.2) is 24.3 Å². The van der Waals surface area contributed by atoms with Crippen molar-refractivity contribution in [3.8, 4) is 0 Å². The Labute approximate surface area is 116 Å². The molecule has 1 aromatic carbocycles. The van der Waals surface area contributed by atoms with Gasteiger partial charge in [0.15, 0.2) is 0 Å². The van der Waals surface area contributed by atoms with Crippen molar-refractivity contribution in [2.24, 2.45) is 5.41 Å². The zero-order chi connectivity index (χ0) is 14.6. The van der Waals surface area contributed by atoms with Gasteiger partial charge in [-0.15, -0.1) is 0 Å². The van der Waals surface area contributed by atoms with Gasteiger partial charge in [0.25, 0.3) is 5.91 Å². The van der Waals surface area contributed by atoms with Crippen LogP contribution in [0.5, 0.6) is 0 Å². The monoisotopic (exact) mass is 280 g/mol. The van der Waals surface area contributed by atoms with E-state index in [4.69, 9.17) is 5.11 Å². The van der Waals surface area contributed by atoms with Crippen LogP contribution in [0.4, 0.5) is 4.39 Å². The Morgan fingerprint density at radius 2 is 1.95 bits per heavy atom. The lowest BCUT2D eigenvalue weighted by Crippen LogP contribution is -2.40. The predicted octanol–water partition coefficient (Wildman–Crippen LogP) is 0.444. The van der Waals surface area contributed by atoms with E-state index in [1.54, 1.807) is 6.07 Å². The summed E-state index contributed by atoms with van der Waals surface area (Å²) in [6.07, 6.45) is 1.79. The van der Waals surface area contributed by atoms with Gasteiger partial charge in [0, 0.05) is 12.0 Å². The van der Waals surface area contributed by atoms with E-state index in [1.807, 2.05) is 0 Å². The van der Waals surface area contributed by atoms with Crippen molar-refractivity contribution in [2.75, 3.05) is 19.7 Å². The fourth-order valence-corrected chi connectivity index (χ4v) is 1.82. The predicted molar refractivity (Wildman–Crippen MR) is 70.5 cm³/mol. The lowest BCUT2D eigenvalue weighted by Gasteiger charge is -2.13. The number of aliphatic hydroxyl groups is 1. The van der Waals surface area contributed by atoms with Crippen LogP contribution < -0.4 is 10.6 Å². The summed E-state index contributed by atoms with van der Waals surface area (Å²) in [5.41, 5.74) is -0.264. The van der Waals surface area contributed by atoms with E-state index >= 15 is 0 Å². The van der Waals surface area contributed by atoms with E-state index in [1.165, 1.54) is 18.2 Å². The molecule has 108 valence electrons. The zero-order valence-electron chi connectivity index (χ0n) is 11.0. The number of hydrogen-bond donors (Lipinski definition) is 3. The summed E-state index contributed by atoms with van der Waals surface area (Å²) < 4.78 is 13.3. The molecule has 3 N–H and O–H groups in total. The normalized spacial score (nSPS) is 15.5. The molecule has 20 heavy (non-hydrogen) atoms. The first kappa shape index (κ1) is 14.5. The van der Waals surface area contributed by atoms with E-state index < -0.39 is 11.7 Å². The second-order valence-corrected chi connectivity index (χ2v) is 5.10. The summed E-state index contributed by atoms with van der Waals surface area (Å²) in [7, 11) is 0. The van der Waals surface area contributed by atoms with Gasteiger partial charge < -0.3 is 15.7 Å². The van der Waals surface area contributed by atoms with Gasteiger partial charge in [0.1, 0.15) is 5.82 Å². The lowest BCUT2D eigenvalue weighted by atomic mass is 10.1. The van der Waals surface area contributed by atoms with Crippen LogP contribution in [-0.2, 0) is 4.79 Å². The molecule has 5 nitrogen and oxygen atoms in total. The maximum absolute atomic E-state index is 13.3. The molecule has 1 aliphatic carbocycles. The summed E-state index contributed by atoms with van der Waals surface area (Å²) >= 11 is 0. The highest BCUT2D eigenvalue weighted by atomic mass is 19.1. The molecular weight excluding hydrogens is 263 g/mol. The molecule has 1 fully saturated rings. The van der Waals surface area contributed by atoms with Crippen molar-refractivity contribution in [3.63, 3.8) is 0 Å². The van der Waals surface area contributed by atoms with Gasteiger partial charge in [0.2, 0.25) is 5.91 Å². The average Bonchev–Trinajstić information content (AvgIpc) is 3.24. The van der Waals surface area contributed by atoms with Crippen LogP contribution in [-0.4, -0.2) is 36.6 Å². The number of rotatable bonds is 6. The Kier molecular flexibility index (Phi) is 4.34. The fourth-order valence-electron chi connectivity index (χ4n) is 1.82. The number of aliphatic hydroxyl groups excluding tert-OH is 1. The number of carbonyl (C=O) groups is 2. The SMILES string of the molecule is O=C(CNC(=O)c1ccccc1F)NCC1(CO)CC1. The van der Waals surface area contributed by atoms with Gasteiger partial charge in [-0.1, -0.05) is 12.1 Å². The van der Waals surface area contributed by atoms with Gasteiger partial charge in [-0.2, -0.15) is 0 Å². The van der Waals surface area contributed by atoms with Crippen LogP contribution in [0.2, 0.25) is 0 Å². The highest BCUT2D eigenvalue weighted by molar-refractivity contribution is 5.96. The van der Waals surface area contributed by atoms with Crippen LogP contribution in [0.1, 0.15) is 23.2 Å². The van der Waals surface area contributed by atoms with Crippen molar-refractivity contribution >= 4 is 11.8 Å². The summed E-state index contributed by atoms with van der Waals surface area (Å²) in [5.74, 6) is -1.60. The van der Waals surface area contributed by atoms with E-state index in [9.17, 15) is 14.0 Å². The zero-order valence-corrected chi connectivity index (χ0v) is 11.0. The van der Waals surface area contributed by atoms with Crippen molar-refractivity contribution in [1.29, 1.82) is 0 Å². The summed E-state index contributed by atoms with van der Waals surface area (Å²) in [5, 5.41) is 14.1. The van der Waals surface area contributed by atoms with E-state index in [0.717, 1.165) is 12.8 Å². The van der Waals surface area contributed by atoms with Gasteiger partial charge in [-0.3, -0.25) is 9.59 Å². The second-order valence-electron chi connectivity index (χ2n) is 5.10. The second kappa shape index (κ2) is 6.00. The Bertz CT molecular complexity index is 515. The molecule has 0 saturated heterocycles. The molecule has 1 saturated carbocycles. The summed E-state index contributed by atoms with van der Waals surface area (Å²) in [4.78, 5) is 23.2. The Hall–Kier alpha value is -1.95. The molecule has 0 atom stereocenters. The molecule has 6 heteroatoms. The van der Waals surface area contributed by atoms with Crippen LogP contribution in [0, 0.1) is 11.2 Å². The quantitative estimate of drug-likeness (QED) is 0.707. The number of halogens is 1. The molecule has 2 rings (SSSR count). The Balaban J connectivity index is 1.76. The molecule has 1 aromatic rings. The van der Waals surface area contributed by atoms with Gasteiger partial charge in [-0.05, 0) is 25.0 Å². The summed E-state index contributed by atoms with van der Waals surface area (Å²) in [6, 6.07) is 5.58. The molecule has 0 aliphatic heterocycles. The molecule has 0 heterocycles. The standard InChI is InChI=1S/C14H17FN2O3/c15-11-4-2-1-3-10(11)13(20)16-7-12(19)17-8-14(9-18)5-6-14/h1-4,18H,5-9H2,(H,16,20)(H,17,19). The smallest absolute Gasteiger partial charge is 0.254 e. The highest BCUT2D eigenvalue weighted by Crippen LogP contribution is 2.44. The van der Waals surface area contributed by atoms with E-state index in [2.05, 4.69) is 10.6 Å². The Morgan fingerprint density at radius 1 is 1.25 bits per heavy atom. The number of nitrogens with one attached hydrogen (secondary N) is 2. The van der Waals surface area contributed by atoms with Gasteiger partial charge >= 0.3 is 0 Å². The third kappa shape index (κ3) is 3.54. The van der Waals surface area contributed by atoms with Crippen molar-refractivity contribution in [1.82, 2.24) is 10.6 Å². The highest BCUT2D eigenvalue weighted by Gasteiger charge is 2.41. The first-order valence-corrected chi connectivity index (χ1v) is 6.47. The van der Waals surface area contributed by atoms with E-state index in [-0.39, 0.29) is 30.0 Å². The third-order valence-electron chi connectivity index (χ3n) is 3.48. The minimum atomic E-state index is -0.624. The molecule has 0 bridgehead atoms. The molecule has 1 aliphatic rings. The topological polar surface area (TPSA) is 78.4 Å². The maximum atomic E-state index is 13.3. The summed E-state index contributed by atoms with van der Waals surface area (Å²) in [6.45, 7) is 0.238. The molecule has 0 aromatic heterocycles. The minimum Gasteiger partial charge on any atom is -0.396 e. The molecule has 0 radical (unpaired) electrons. The fraction of sp³-hybridized carbons (Fsp3) is 0.429. The van der Waals surface area contributed by atoms with Crippen LogP contribution in [0.3, 0.4) is 0 Å². The van der Waals surface area contributed by atoms with E-state index in [0.29, 0.717) is 6.54 Å². The van der Waals surface area contributed by atoms with Crippen LogP contribution in [0.25, 0.3) is 0 Å². The lowest BCUT2D eigenvalue weighted by molar-refractivity contribution is -0.120. The number of benzene rings is 1. The van der Waals surface area contributed by atoms with Gasteiger partial charge in [0.05, 0.1) is 18.7 Å². The molecular formula is C14H17FN2O3. The number of carbonyl (C=O) groups excluding carboxylic acids is 2. The largest absolute Gasteiger partial charge is 0.396 e. The Morgan fingerprint density at radius 3 is 2.55 bits per heavy atom. The van der Waals surface area contributed by atoms with Crippen molar-refractivity contribution < 1.29 is 19.1 Å². The van der Waals surface area contributed by atoms with Crippen molar-refractivity contribution in [3.05, 3.63) is 35.6 Å². The molecule has 0 spiro atoms. The minimum absolute atomic E-state index is 0.0505. The number of amides is 2. The number of hydrogen-bond acceptors (Lipinski definition) is 3. The van der Waals surface area contributed by atoms with Gasteiger partial charge in [-0.25, -0.2) is 4.39 Å². The average molecular weight is 280 g/mol. The van der Waals surface area contributed by atoms with Crippen LogP contribution >= 0.6 is 0 Å². The molecule has 0 unspecified atom stereocenters. The first-order valence-electron chi connectivity index (χ1n) is 6.47. The maximum Gasteiger partial charge on any atom is 0.254 e.